The smallest absolute Gasteiger partial charge is 0.342 e. The predicted octanol–water partition coefficient (Wildman–Crippen LogP) is 4.28. The molecule has 0 N–H and O–H groups in total. The average molecular weight is 357 g/mol. The molecule has 3 aromatic rings. The summed E-state index contributed by atoms with van der Waals surface area (Å²) in [6, 6.07) is 12.3. The van der Waals surface area contributed by atoms with E-state index in [1.807, 2.05) is 24.4 Å². The van der Waals surface area contributed by atoms with E-state index in [0.29, 0.717) is 19.0 Å². The second kappa shape index (κ2) is 7.58. The highest BCUT2D eigenvalue weighted by molar-refractivity contribution is 7.10. The van der Waals surface area contributed by atoms with Gasteiger partial charge in [0.25, 0.3) is 0 Å². The first-order chi connectivity index (χ1) is 12.1. The van der Waals surface area contributed by atoms with E-state index in [2.05, 4.69) is 29.2 Å². The van der Waals surface area contributed by atoms with Crippen LogP contribution >= 0.6 is 11.3 Å². The van der Waals surface area contributed by atoms with Crippen LogP contribution in [0.5, 0.6) is 0 Å². The van der Waals surface area contributed by atoms with Gasteiger partial charge in [-0.25, -0.2) is 9.55 Å². The van der Waals surface area contributed by atoms with E-state index >= 15 is 0 Å². The minimum atomic E-state index is -0.420. The molecular weight excluding hydrogens is 338 g/mol. The summed E-state index contributed by atoms with van der Waals surface area (Å²) < 4.78 is 7.68. The summed E-state index contributed by atoms with van der Waals surface area (Å²) in [5, 5.41) is 13.1. The fraction of sp³-hybridized carbons (Fsp3) is 0.278. The van der Waals surface area contributed by atoms with Crippen LogP contribution in [0.1, 0.15) is 27.9 Å². The Kier molecular flexibility index (Phi) is 5.25. The normalized spacial score (nSPS) is 12.2. The van der Waals surface area contributed by atoms with Gasteiger partial charge in [0.1, 0.15) is 18.8 Å². The summed E-state index contributed by atoms with van der Waals surface area (Å²) in [4.78, 5) is 15.8. The maximum absolute atomic E-state index is 11.1. The Labute approximate surface area is 149 Å². The lowest BCUT2D eigenvalue weighted by molar-refractivity contribution is -0.392. The highest BCUT2D eigenvalue weighted by Crippen LogP contribution is 2.30. The molecule has 6 nitrogen and oxygen atoms in total. The summed E-state index contributed by atoms with van der Waals surface area (Å²) in [6.45, 7) is 4.54. The Hall–Kier alpha value is -2.51. The molecule has 0 spiro atoms. The van der Waals surface area contributed by atoms with Crippen molar-refractivity contribution in [1.82, 2.24) is 9.55 Å². The zero-order valence-electron chi connectivity index (χ0n) is 14.1. The molecule has 0 saturated heterocycles. The van der Waals surface area contributed by atoms with Gasteiger partial charge in [0.15, 0.2) is 5.82 Å². The van der Waals surface area contributed by atoms with Gasteiger partial charge in [-0.05, 0) is 28.9 Å². The van der Waals surface area contributed by atoms with Crippen molar-refractivity contribution in [3.63, 3.8) is 0 Å². The molecule has 7 heteroatoms. The number of thiophene rings is 1. The summed E-state index contributed by atoms with van der Waals surface area (Å²) in [7, 11) is 0. The minimum absolute atomic E-state index is 0.0101. The largest absolute Gasteiger partial charge is 0.364 e. The minimum Gasteiger partial charge on any atom is -0.364 e. The van der Waals surface area contributed by atoms with E-state index in [9.17, 15) is 10.1 Å². The van der Waals surface area contributed by atoms with E-state index in [1.54, 1.807) is 22.8 Å². The summed E-state index contributed by atoms with van der Waals surface area (Å²) in [5.41, 5.74) is 2.27. The first-order valence-corrected chi connectivity index (χ1v) is 8.82. The number of ether oxygens (including phenoxy) is 1. The monoisotopic (exact) mass is 357 g/mol. The van der Waals surface area contributed by atoms with Crippen molar-refractivity contribution in [3.05, 3.63) is 79.9 Å². The lowest BCUT2D eigenvalue weighted by Gasteiger charge is -2.17. The molecule has 1 unspecified atom stereocenters. The molecule has 2 aromatic heterocycles. The molecule has 0 radical (unpaired) electrons. The number of imidazole rings is 1. The number of hydrogen-bond donors (Lipinski definition) is 0. The summed E-state index contributed by atoms with van der Waals surface area (Å²) >= 11 is 1.64. The molecule has 2 heterocycles. The van der Waals surface area contributed by atoms with Gasteiger partial charge < -0.3 is 14.9 Å². The van der Waals surface area contributed by atoms with Crippen LogP contribution in [0.3, 0.4) is 0 Å². The number of aryl methyl sites for hydroxylation is 2. The Bertz CT molecular complexity index is 841. The molecule has 0 bridgehead atoms. The van der Waals surface area contributed by atoms with Crippen LogP contribution in [-0.2, 0) is 11.3 Å². The molecule has 1 atom stereocenters. The van der Waals surface area contributed by atoms with Gasteiger partial charge in [-0.3, -0.25) is 0 Å². The molecule has 25 heavy (non-hydrogen) atoms. The molecule has 0 aliphatic carbocycles. The van der Waals surface area contributed by atoms with Crippen LogP contribution in [0.25, 0.3) is 0 Å². The second-order valence-electron chi connectivity index (χ2n) is 5.75. The Morgan fingerprint density at radius 2 is 2.04 bits per heavy atom. The van der Waals surface area contributed by atoms with Gasteiger partial charge in [-0.1, -0.05) is 35.9 Å². The maximum atomic E-state index is 11.1. The lowest BCUT2D eigenvalue weighted by atomic mass is 10.1. The third-order valence-corrected chi connectivity index (χ3v) is 4.92. The zero-order chi connectivity index (χ0) is 17.8. The van der Waals surface area contributed by atoms with Crippen LogP contribution < -0.4 is 0 Å². The highest BCUT2D eigenvalue weighted by Gasteiger charge is 2.20. The van der Waals surface area contributed by atoms with Crippen molar-refractivity contribution in [2.75, 3.05) is 6.61 Å². The molecule has 0 amide bonds. The van der Waals surface area contributed by atoms with Crippen molar-refractivity contribution in [2.45, 2.75) is 26.5 Å². The van der Waals surface area contributed by atoms with Gasteiger partial charge in [-0.15, -0.1) is 11.3 Å². The van der Waals surface area contributed by atoms with Gasteiger partial charge in [-0.2, -0.15) is 0 Å². The van der Waals surface area contributed by atoms with E-state index in [-0.39, 0.29) is 11.9 Å². The van der Waals surface area contributed by atoms with Crippen molar-refractivity contribution in [2.24, 2.45) is 0 Å². The van der Waals surface area contributed by atoms with Crippen LogP contribution in [0.15, 0.2) is 48.0 Å². The molecule has 0 aliphatic rings. The van der Waals surface area contributed by atoms with Crippen molar-refractivity contribution < 1.29 is 9.66 Å². The highest BCUT2D eigenvalue weighted by atomic mass is 32.1. The fourth-order valence-electron chi connectivity index (χ4n) is 2.66. The molecule has 0 aliphatic heterocycles. The molecular formula is C18H19N3O3S. The quantitative estimate of drug-likeness (QED) is 0.467. The van der Waals surface area contributed by atoms with E-state index < -0.39 is 4.92 Å². The molecule has 0 fully saturated rings. The van der Waals surface area contributed by atoms with Crippen molar-refractivity contribution in [3.8, 4) is 0 Å². The van der Waals surface area contributed by atoms with E-state index in [4.69, 9.17) is 4.74 Å². The van der Waals surface area contributed by atoms with Crippen LogP contribution in [0.4, 0.5) is 5.82 Å². The van der Waals surface area contributed by atoms with Gasteiger partial charge >= 0.3 is 5.82 Å². The fourth-order valence-corrected chi connectivity index (χ4v) is 3.46. The molecule has 130 valence electrons. The Balaban J connectivity index is 1.75. The summed E-state index contributed by atoms with van der Waals surface area (Å²) in [6.07, 6.45) is 1.11. The average Bonchev–Trinajstić information content (AvgIpc) is 3.23. The molecule has 3 rings (SSSR count). The number of aromatic nitrogens is 2. The van der Waals surface area contributed by atoms with Crippen molar-refractivity contribution in [1.29, 1.82) is 0 Å². The van der Waals surface area contributed by atoms with Crippen LogP contribution in [-0.4, -0.2) is 21.1 Å². The van der Waals surface area contributed by atoms with Gasteiger partial charge in [0.05, 0.1) is 6.61 Å². The van der Waals surface area contributed by atoms with Gasteiger partial charge in [0.2, 0.25) is 0 Å². The number of nitro groups is 1. The number of rotatable bonds is 7. The third-order valence-electron chi connectivity index (χ3n) is 4.00. The Morgan fingerprint density at radius 3 is 2.68 bits per heavy atom. The SMILES string of the molecule is Cc1ccc(C(OCCn2c([N+](=O)[O-])cnc2C)c2cccs2)cc1. The second-order valence-corrected chi connectivity index (χ2v) is 6.73. The number of nitrogens with zero attached hydrogens (tertiary/aromatic N) is 3. The first kappa shape index (κ1) is 17.3. The van der Waals surface area contributed by atoms with Crippen LogP contribution in [0.2, 0.25) is 0 Å². The van der Waals surface area contributed by atoms with Gasteiger partial charge in [0, 0.05) is 11.8 Å². The number of benzene rings is 1. The molecule has 0 saturated carbocycles. The first-order valence-electron chi connectivity index (χ1n) is 7.94. The third kappa shape index (κ3) is 3.94. The van der Waals surface area contributed by atoms with E-state index in [0.717, 1.165) is 10.4 Å². The standard InChI is InChI=1S/C18H19N3O3S/c1-13-5-7-15(8-6-13)18(16-4-3-11-25-16)24-10-9-20-14(2)19-12-17(20)21(22)23/h3-8,11-12,18H,9-10H2,1-2H3. The van der Waals surface area contributed by atoms with Crippen LogP contribution in [0, 0.1) is 24.0 Å². The number of hydrogen-bond acceptors (Lipinski definition) is 5. The summed E-state index contributed by atoms with van der Waals surface area (Å²) in [5.74, 6) is 0.599. The Morgan fingerprint density at radius 1 is 1.28 bits per heavy atom. The molecule has 1 aromatic carbocycles. The van der Waals surface area contributed by atoms with E-state index in [1.165, 1.54) is 11.8 Å². The van der Waals surface area contributed by atoms with Crippen molar-refractivity contribution >= 4 is 17.2 Å². The predicted molar refractivity (Wildman–Crippen MR) is 96.9 cm³/mol. The lowest BCUT2D eigenvalue weighted by Crippen LogP contribution is -2.13. The zero-order valence-corrected chi connectivity index (χ0v) is 14.9. The topological polar surface area (TPSA) is 70.2 Å². The maximum Gasteiger partial charge on any atom is 0.342 e.